The molecular weight excluding hydrogens is 395 g/mol. The second-order valence-electron chi connectivity index (χ2n) is 4.44. The smallest absolute Gasteiger partial charge is 0.174 e. The first-order chi connectivity index (χ1) is 10.6. The molecule has 0 aliphatic rings. The molecule has 4 nitrogen and oxygen atoms in total. The van der Waals surface area contributed by atoms with Gasteiger partial charge in [-0.1, -0.05) is 24.3 Å². The van der Waals surface area contributed by atoms with E-state index in [0.29, 0.717) is 22.8 Å². The van der Waals surface area contributed by atoms with Crippen molar-refractivity contribution in [2.45, 2.75) is 0 Å². The third kappa shape index (κ3) is 3.30. The monoisotopic (exact) mass is 412 g/mol. The van der Waals surface area contributed by atoms with Crippen LogP contribution in [0.5, 0.6) is 23.0 Å². The van der Waals surface area contributed by atoms with Gasteiger partial charge in [-0.05, 0) is 46.4 Å². The van der Waals surface area contributed by atoms with E-state index in [2.05, 4.69) is 22.6 Å². The highest BCUT2D eigenvalue weighted by Crippen LogP contribution is 2.36. The van der Waals surface area contributed by atoms with Crippen molar-refractivity contribution < 1.29 is 19.3 Å². The SMILES string of the molecule is COc1cccc(/C=C\c2ccc(OC)c(OC)c2I)c1O. The first-order valence-corrected chi connectivity index (χ1v) is 7.64. The van der Waals surface area contributed by atoms with Gasteiger partial charge < -0.3 is 19.3 Å². The molecule has 0 heterocycles. The molecule has 0 bridgehead atoms. The number of phenolic OH excluding ortho intramolecular Hbond substituents is 1. The summed E-state index contributed by atoms with van der Waals surface area (Å²) < 4.78 is 16.7. The highest BCUT2D eigenvalue weighted by atomic mass is 127. The topological polar surface area (TPSA) is 47.9 Å². The zero-order valence-electron chi connectivity index (χ0n) is 12.6. The maximum atomic E-state index is 10.1. The summed E-state index contributed by atoms with van der Waals surface area (Å²) in [5.74, 6) is 1.95. The Morgan fingerprint density at radius 2 is 1.55 bits per heavy atom. The third-order valence-corrected chi connectivity index (χ3v) is 4.32. The summed E-state index contributed by atoms with van der Waals surface area (Å²) in [5, 5.41) is 10.1. The van der Waals surface area contributed by atoms with E-state index in [4.69, 9.17) is 14.2 Å². The molecule has 2 rings (SSSR count). The largest absolute Gasteiger partial charge is 0.504 e. The average molecular weight is 412 g/mol. The van der Waals surface area contributed by atoms with Gasteiger partial charge in [0.15, 0.2) is 23.0 Å². The van der Waals surface area contributed by atoms with E-state index in [-0.39, 0.29) is 5.75 Å². The van der Waals surface area contributed by atoms with Crippen molar-refractivity contribution in [1.29, 1.82) is 0 Å². The van der Waals surface area contributed by atoms with E-state index in [1.165, 1.54) is 7.11 Å². The van der Waals surface area contributed by atoms with Crippen LogP contribution in [-0.4, -0.2) is 26.4 Å². The number of halogens is 1. The number of benzene rings is 2. The number of ether oxygens (including phenoxy) is 3. The Morgan fingerprint density at radius 1 is 0.864 bits per heavy atom. The van der Waals surface area contributed by atoms with Crippen molar-refractivity contribution in [1.82, 2.24) is 0 Å². The van der Waals surface area contributed by atoms with Crippen LogP contribution in [0.15, 0.2) is 30.3 Å². The first kappa shape index (κ1) is 16.5. The molecule has 0 radical (unpaired) electrons. The third-order valence-electron chi connectivity index (χ3n) is 3.21. The lowest BCUT2D eigenvalue weighted by molar-refractivity contribution is 0.353. The molecule has 0 unspecified atom stereocenters. The zero-order chi connectivity index (χ0) is 16.1. The fraction of sp³-hybridized carbons (Fsp3) is 0.176. The molecule has 5 heteroatoms. The van der Waals surface area contributed by atoms with Crippen molar-refractivity contribution >= 4 is 34.7 Å². The molecular formula is C17H17IO4. The highest BCUT2D eigenvalue weighted by molar-refractivity contribution is 14.1. The first-order valence-electron chi connectivity index (χ1n) is 6.57. The quantitative estimate of drug-likeness (QED) is 0.591. The Kier molecular flexibility index (Phi) is 5.54. The molecule has 0 amide bonds. The molecule has 0 fully saturated rings. The normalized spacial score (nSPS) is 10.7. The number of rotatable bonds is 5. The summed E-state index contributed by atoms with van der Waals surface area (Å²) in [5.41, 5.74) is 1.66. The van der Waals surface area contributed by atoms with Crippen molar-refractivity contribution in [2.75, 3.05) is 21.3 Å². The van der Waals surface area contributed by atoms with Crippen molar-refractivity contribution in [2.24, 2.45) is 0 Å². The van der Waals surface area contributed by atoms with Crippen LogP contribution in [0, 0.1) is 3.57 Å². The maximum Gasteiger partial charge on any atom is 0.174 e. The minimum atomic E-state index is 0.122. The lowest BCUT2D eigenvalue weighted by atomic mass is 10.1. The maximum absolute atomic E-state index is 10.1. The van der Waals surface area contributed by atoms with E-state index < -0.39 is 0 Å². The molecule has 2 aromatic carbocycles. The number of aromatic hydroxyl groups is 1. The minimum Gasteiger partial charge on any atom is -0.504 e. The van der Waals surface area contributed by atoms with Crippen LogP contribution in [-0.2, 0) is 0 Å². The van der Waals surface area contributed by atoms with Gasteiger partial charge in [0.05, 0.1) is 24.9 Å². The summed E-state index contributed by atoms with van der Waals surface area (Å²) in [7, 11) is 4.75. The van der Waals surface area contributed by atoms with Gasteiger partial charge in [0, 0.05) is 5.56 Å². The van der Waals surface area contributed by atoms with E-state index in [1.807, 2.05) is 36.4 Å². The molecule has 0 atom stereocenters. The van der Waals surface area contributed by atoms with Gasteiger partial charge in [-0.3, -0.25) is 0 Å². The van der Waals surface area contributed by atoms with Crippen LogP contribution >= 0.6 is 22.6 Å². The second-order valence-corrected chi connectivity index (χ2v) is 5.51. The van der Waals surface area contributed by atoms with Crippen molar-refractivity contribution in [3.63, 3.8) is 0 Å². The van der Waals surface area contributed by atoms with Crippen LogP contribution in [0.4, 0.5) is 0 Å². The standard InChI is InChI=1S/C17H17IO4/c1-20-13-6-4-5-12(16(13)19)8-7-11-9-10-14(21-2)17(22-3)15(11)18/h4-10,19H,1-3H3/b8-7-. The predicted molar refractivity (Wildman–Crippen MR) is 95.8 cm³/mol. The molecule has 0 spiro atoms. The second kappa shape index (κ2) is 7.40. The molecule has 0 aliphatic carbocycles. The van der Waals surface area contributed by atoms with Crippen LogP contribution in [0.3, 0.4) is 0 Å². The summed E-state index contributed by atoms with van der Waals surface area (Å²) >= 11 is 2.21. The van der Waals surface area contributed by atoms with Crippen LogP contribution in [0.25, 0.3) is 12.2 Å². The van der Waals surface area contributed by atoms with Gasteiger partial charge in [-0.25, -0.2) is 0 Å². The zero-order valence-corrected chi connectivity index (χ0v) is 14.7. The van der Waals surface area contributed by atoms with Gasteiger partial charge in [0.25, 0.3) is 0 Å². The lowest BCUT2D eigenvalue weighted by Crippen LogP contribution is -1.94. The van der Waals surface area contributed by atoms with E-state index >= 15 is 0 Å². The average Bonchev–Trinajstić information content (AvgIpc) is 2.54. The van der Waals surface area contributed by atoms with Gasteiger partial charge in [0.2, 0.25) is 0 Å². The van der Waals surface area contributed by atoms with Gasteiger partial charge in [0.1, 0.15) is 0 Å². The molecule has 0 saturated heterocycles. The van der Waals surface area contributed by atoms with Gasteiger partial charge in [-0.15, -0.1) is 0 Å². The number of methoxy groups -OCH3 is 3. The summed E-state index contributed by atoms with van der Waals surface area (Å²) in [6.45, 7) is 0. The molecule has 1 N–H and O–H groups in total. The minimum absolute atomic E-state index is 0.122. The fourth-order valence-corrected chi connectivity index (χ4v) is 2.90. The van der Waals surface area contributed by atoms with Crippen LogP contribution in [0.2, 0.25) is 0 Å². The Morgan fingerprint density at radius 3 is 2.18 bits per heavy atom. The highest BCUT2D eigenvalue weighted by Gasteiger charge is 2.11. The predicted octanol–water partition coefficient (Wildman–Crippen LogP) is 4.19. The van der Waals surface area contributed by atoms with Crippen molar-refractivity contribution in [3.05, 3.63) is 45.0 Å². The molecule has 2 aromatic rings. The molecule has 22 heavy (non-hydrogen) atoms. The fourth-order valence-electron chi connectivity index (χ4n) is 2.05. The van der Waals surface area contributed by atoms with Gasteiger partial charge in [-0.2, -0.15) is 0 Å². The number of phenols is 1. The summed E-state index contributed by atoms with van der Waals surface area (Å²) in [4.78, 5) is 0. The van der Waals surface area contributed by atoms with Gasteiger partial charge >= 0.3 is 0 Å². The molecule has 116 valence electrons. The molecule has 0 aliphatic heterocycles. The van der Waals surface area contributed by atoms with Crippen LogP contribution in [0.1, 0.15) is 11.1 Å². The van der Waals surface area contributed by atoms with E-state index in [0.717, 1.165) is 9.13 Å². The number of hydrogen-bond acceptors (Lipinski definition) is 4. The Balaban J connectivity index is 2.39. The van der Waals surface area contributed by atoms with Crippen molar-refractivity contribution in [3.8, 4) is 23.0 Å². The van der Waals surface area contributed by atoms with E-state index in [1.54, 1.807) is 20.3 Å². The van der Waals surface area contributed by atoms with E-state index in [9.17, 15) is 5.11 Å². The molecule has 0 aromatic heterocycles. The molecule has 0 saturated carbocycles. The van der Waals surface area contributed by atoms with Crippen LogP contribution < -0.4 is 14.2 Å². The Labute approximate surface area is 143 Å². The lowest BCUT2D eigenvalue weighted by Gasteiger charge is -2.11. The number of para-hydroxylation sites is 1. The Bertz CT molecular complexity index is 695. The Hall–Kier alpha value is -1.89. The summed E-state index contributed by atoms with van der Waals surface area (Å²) in [6.07, 6.45) is 3.75. The number of hydrogen-bond donors (Lipinski definition) is 1. The summed E-state index contributed by atoms with van der Waals surface area (Å²) in [6, 6.07) is 9.16.